The van der Waals surface area contributed by atoms with Gasteiger partial charge in [0.15, 0.2) is 0 Å². The third-order valence-corrected chi connectivity index (χ3v) is 3.98. The van der Waals surface area contributed by atoms with Crippen LogP contribution < -0.4 is 5.32 Å². The second kappa shape index (κ2) is 6.07. The van der Waals surface area contributed by atoms with E-state index in [9.17, 15) is 4.79 Å². The number of nitrogens with zero attached hydrogens (tertiary/aromatic N) is 1. The molecule has 0 bridgehead atoms. The van der Waals surface area contributed by atoms with E-state index in [0.717, 1.165) is 25.9 Å². The molecule has 1 aliphatic rings. The monoisotopic (exact) mass is 302 g/mol. The van der Waals surface area contributed by atoms with Gasteiger partial charge >= 0.3 is 0 Å². The fraction of sp³-hybridized carbons (Fsp3) is 0.538. The van der Waals surface area contributed by atoms with Gasteiger partial charge in [-0.1, -0.05) is 23.2 Å². The molecule has 19 heavy (non-hydrogen) atoms. The lowest BCUT2D eigenvalue weighted by molar-refractivity contribution is 0.0937. The van der Waals surface area contributed by atoms with Crippen LogP contribution in [0.25, 0.3) is 0 Å². The van der Waals surface area contributed by atoms with Crippen molar-refractivity contribution in [3.63, 3.8) is 0 Å². The van der Waals surface area contributed by atoms with Crippen molar-refractivity contribution < 1.29 is 9.53 Å². The van der Waals surface area contributed by atoms with Crippen LogP contribution in [0.1, 0.15) is 29.6 Å². The number of pyridine rings is 1. The lowest BCUT2D eigenvalue weighted by atomic mass is 10.0. The Morgan fingerprint density at radius 1 is 1.47 bits per heavy atom. The minimum Gasteiger partial charge on any atom is -0.385 e. The van der Waals surface area contributed by atoms with Crippen molar-refractivity contribution in [2.45, 2.75) is 19.3 Å². The van der Waals surface area contributed by atoms with E-state index in [-0.39, 0.29) is 21.6 Å². The van der Waals surface area contributed by atoms with E-state index in [1.165, 1.54) is 0 Å². The first kappa shape index (κ1) is 14.6. The number of hydrogen-bond donors (Lipinski definition) is 1. The molecule has 1 saturated carbocycles. The fourth-order valence-electron chi connectivity index (χ4n) is 1.96. The average molecular weight is 303 g/mol. The highest BCUT2D eigenvalue weighted by atomic mass is 35.5. The van der Waals surface area contributed by atoms with Crippen LogP contribution in [0.4, 0.5) is 0 Å². The number of rotatable bonds is 6. The van der Waals surface area contributed by atoms with E-state index in [0.29, 0.717) is 12.1 Å². The molecular formula is C13H16Cl2N2O2. The van der Waals surface area contributed by atoms with Gasteiger partial charge in [-0.25, -0.2) is 4.98 Å². The van der Waals surface area contributed by atoms with Gasteiger partial charge in [0.05, 0.1) is 5.56 Å². The van der Waals surface area contributed by atoms with Gasteiger partial charge in [-0.3, -0.25) is 4.79 Å². The highest BCUT2D eigenvalue weighted by molar-refractivity contribution is 6.34. The smallest absolute Gasteiger partial charge is 0.254 e. The van der Waals surface area contributed by atoms with Gasteiger partial charge in [0, 0.05) is 20.3 Å². The number of nitrogens with one attached hydrogen (secondary N) is 1. The molecule has 1 heterocycles. The van der Waals surface area contributed by atoms with Gasteiger partial charge in [0.2, 0.25) is 0 Å². The normalized spacial score (nSPS) is 16.2. The summed E-state index contributed by atoms with van der Waals surface area (Å²) in [6.07, 6.45) is 3.23. The quantitative estimate of drug-likeness (QED) is 0.822. The van der Waals surface area contributed by atoms with Crippen LogP contribution in [0, 0.1) is 5.41 Å². The Labute approximate surface area is 122 Å². The molecule has 1 aromatic heterocycles. The van der Waals surface area contributed by atoms with Gasteiger partial charge in [-0.2, -0.15) is 0 Å². The summed E-state index contributed by atoms with van der Waals surface area (Å²) in [7, 11) is 1.69. The molecule has 1 aliphatic carbocycles. The standard InChI is InChI=1S/C13H16Cl2N2O2/c1-19-7-6-13(4-5-13)8-16-12(18)9-2-3-10(14)17-11(9)15/h2-3H,4-8H2,1H3,(H,16,18). The van der Waals surface area contributed by atoms with Crippen LogP contribution in [-0.2, 0) is 4.74 Å². The summed E-state index contributed by atoms with van der Waals surface area (Å²) in [6.45, 7) is 1.37. The van der Waals surface area contributed by atoms with Crippen molar-refractivity contribution >= 4 is 29.1 Å². The summed E-state index contributed by atoms with van der Waals surface area (Å²) in [5.74, 6) is -0.210. The van der Waals surface area contributed by atoms with Gasteiger partial charge < -0.3 is 10.1 Å². The third kappa shape index (κ3) is 3.81. The number of carbonyl (C=O) groups is 1. The maximum Gasteiger partial charge on any atom is 0.254 e. The molecule has 1 fully saturated rings. The Bertz CT molecular complexity index is 476. The Balaban J connectivity index is 1.91. The molecule has 1 N–H and O–H groups in total. The van der Waals surface area contributed by atoms with Crippen LogP contribution >= 0.6 is 23.2 Å². The fourth-order valence-corrected chi connectivity index (χ4v) is 2.39. The third-order valence-electron chi connectivity index (χ3n) is 3.48. The molecule has 0 aliphatic heterocycles. The first-order valence-electron chi connectivity index (χ1n) is 6.15. The van der Waals surface area contributed by atoms with Crippen molar-refractivity contribution in [2.24, 2.45) is 5.41 Å². The number of methoxy groups -OCH3 is 1. The lowest BCUT2D eigenvalue weighted by Gasteiger charge is -2.15. The predicted molar refractivity (Wildman–Crippen MR) is 74.8 cm³/mol. The van der Waals surface area contributed by atoms with Crippen LogP contribution in [0.3, 0.4) is 0 Å². The summed E-state index contributed by atoms with van der Waals surface area (Å²) in [5, 5.41) is 3.32. The van der Waals surface area contributed by atoms with E-state index in [2.05, 4.69) is 10.3 Å². The second-order valence-electron chi connectivity index (χ2n) is 4.90. The summed E-state index contributed by atoms with van der Waals surface area (Å²) < 4.78 is 5.08. The molecule has 1 amide bonds. The van der Waals surface area contributed by atoms with Crippen molar-refractivity contribution in [1.82, 2.24) is 10.3 Å². The molecule has 104 valence electrons. The zero-order valence-corrected chi connectivity index (χ0v) is 12.2. The van der Waals surface area contributed by atoms with Crippen LogP contribution in [-0.4, -0.2) is 31.2 Å². The Morgan fingerprint density at radius 2 is 2.21 bits per heavy atom. The van der Waals surface area contributed by atoms with Crippen molar-refractivity contribution in [2.75, 3.05) is 20.3 Å². The molecule has 0 atom stereocenters. The molecule has 1 aromatic rings. The van der Waals surface area contributed by atoms with Crippen LogP contribution in [0.5, 0.6) is 0 Å². The zero-order valence-electron chi connectivity index (χ0n) is 10.7. The summed E-state index contributed by atoms with van der Waals surface area (Å²) in [5.41, 5.74) is 0.562. The van der Waals surface area contributed by atoms with E-state index in [4.69, 9.17) is 27.9 Å². The molecule has 4 nitrogen and oxygen atoms in total. The van der Waals surface area contributed by atoms with Crippen molar-refractivity contribution in [1.29, 1.82) is 0 Å². The van der Waals surface area contributed by atoms with E-state index in [1.807, 2.05) is 0 Å². The van der Waals surface area contributed by atoms with Gasteiger partial charge in [0.25, 0.3) is 5.91 Å². The number of ether oxygens (including phenoxy) is 1. The van der Waals surface area contributed by atoms with Gasteiger partial charge in [-0.15, -0.1) is 0 Å². The topological polar surface area (TPSA) is 51.2 Å². The van der Waals surface area contributed by atoms with Gasteiger partial charge in [-0.05, 0) is 36.8 Å². The summed E-state index contributed by atoms with van der Waals surface area (Å²) in [6, 6.07) is 3.14. The number of amides is 1. The first-order chi connectivity index (χ1) is 9.06. The number of carbonyl (C=O) groups excluding carboxylic acids is 1. The number of halogens is 2. The summed E-state index contributed by atoms with van der Waals surface area (Å²) in [4.78, 5) is 15.9. The van der Waals surface area contributed by atoms with Crippen molar-refractivity contribution in [3.8, 4) is 0 Å². The molecule has 0 aromatic carbocycles. The van der Waals surface area contributed by atoms with E-state index < -0.39 is 0 Å². The number of aromatic nitrogens is 1. The molecule has 0 saturated heterocycles. The van der Waals surface area contributed by atoms with Crippen LogP contribution in [0.2, 0.25) is 10.3 Å². The second-order valence-corrected chi connectivity index (χ2v) is 5.64. The highest BCUT2D eigenvalue weighted by Gasteiger charge is 2.42. The van der Waals surface area contributed by atoms with Crippen molar-refractivity contribution in [3.05, 3.63) is 28.0 Å². The molecule has 0 spiro atoms. The maximum absolute atomic E-state index is 12.0. The Morgan fingerprint density at radius 3 is 2.79 bits per heavy atom. The van der Waals surface area contributed by atoms with Gasteiger partial charge in [0.1, 0.15) is 10.3 Å². The largest absolute Gasteiger partial charge is 0.385 e. The molecule has 0 radical (unpaired) electrons. The maximum atomic E-state index is 12.0. The number of hydrogen-bond acceptors (Lipinski definition) is 3. The SMILES string of the molecule is COCCC1(CNC(=O)c2ccc(Cl)nc2Cl)CC1. The Kier molecular flexibility index (Phi) is 4.66. The highest BCUT2D eigenvalue weighted by Crippen LogP contribution is 2.48. The minimum atomic E-state index is -0.210. The molecular weight excluding hydrogens is 287 g/mol. The Hall–Kier alpha value is -0.840. The first-order valence-corrected chi connectivity index (χ1v) is 6.91. The molecule has 0 unspecified atom stereocenters. The zero-order chi connectivity index (χ0) is 13.9. The molecule has 2 rings (SSSR count). The predicted octanol–water partition coefficient (Wildman–Crippen LogP) is 2.93. The van der Waals surface area contributed by atoms with E-state index in [1.54, 1.807) is 19.2 Å². The summed E-state index contributed by atoms with van der Waals surface area (Å²) >= 11 is 11.6. The van der Waals surface area contributed by atoms with Crippen LogP contribution in [0.15, 0.2) is 12.1 Å². The lowest BCUT2D eigenvalue weighted by Crippen LogP contribution is -2.31. The minimum absolute atomic E-state index is 0.131. The van der Waals surface area contributed by atoms with E-state index >= 15 is 0 Å². The average Bonchev–Trinajstić information content (AvgIpc) is 3.14. The molecule has 6 heteroatoms.